The number of aromatic amines is 1. The van der Waals surface area contributed by atoms with Gasteiger partial charge in [0.1, 0.15) is 11.6 Å². The van der Waals surface area contributed by atoms with Gasteiger partial charge < -0.3 is 10.3 Å². The molecule has 1 amide bonds. The number of amides is 1. The zero-order valence-electron chi connectivity index (χ0n) is 18.7. The van der Waals surface area contributed by atoms with Gasteiger partial charge in [0.2, 0.25) is 15.9 Å². The van der Waals surface area contributed by atoms with Crippen LogP contribution in [-0.2, 0) is 14.8 Å². The van der Waals surface area contributed by atoms with Crippen molar-refractivity contribution >= 4 is 32.8 Å². The van der Waals surface area contributed by atoms with E-state index in [0.717, 1.165) is 11.3 Å². The molecule has 174 valence electrons. The van der Waals surface area contributed by atoms with Crippen LogP contribution in [0, 0.1) is 12.8 Å². The van der Waals surface area contributed by atoms with E-state index >= 15 is 0 Å². The summed E-state index contributed by atoms with van der Waals surface area (Å²) in [6.45, 7) is 2.44. The van der Waals surface area contributed by atoms with Crippen LogP contribution in [0.25, 0.3) is 22.4 Å². The van der Waals surface area contributed by atoms with Crippen molar-refractivity contribution in [2.75, 3.05) is 18.4 Å². The molecule has 1 aliphatic heterocycles. The molecular formula is C25H25N5O3S. The van der Waals surface area contributed by atoms with Crippen molar-refractivity contribution in [3.8, 4) is 11.4 Å². The molecule has 4 aromatic rings. The Labute approximate surface area is 198 Å². The maximum Gasteiger partial charge on any atom is 0.243 e. The number of pyridine rings is 1. The number of fused-ring (bicyclic) bond motifs is 1. The van der Waals surface area contributed by atoms with Crippen LogP contribution >= 0.6 is 0 Å². The van der Waals surface area contributed by atoms with Crippen LogP contribution in [0.3, 0.4) is 0 Å². The number of sulfonamides is 1. The molecule has 1 fully saturated rings. The molecule has 0 unspecified atom stereocenters. The van der Waals surface area contributed by atoms with E-state index in [1.165, 1.54) is 4.31 Å². The molecule has 9 heteroatoms. The van der Waals surface area contributed by atoms with E-state index in [2.05, 4.69) is 20.3 Å². The van der Waals surface area contributed by atoms with E-state index in [-0.39, 0.29) is 29.8 Å². The molecule has 0 aliphatic carbocycles. The number of nitrogens with zero attached hydrogens (tertiary/aromatic N) is 3. The predicted molar refractivity (Wildman–Crippen MR) is 131 cm³/mol. The molecule has 0 spiro atoms. The highest BCUT2D eigenvalue weighted by atomic mass is 32.2. The molecule has 0 radical (unpaired) electrons. The van der Waals surface area contributed by atoms with Crippen LogP contribution in [0.5, 0.6) is 0 Å². The van der Waals surface area contributed by atoms with Gasteiger partial charge in [-0.05, 0) is 50.1 Å². The Morgan fingerprint density at radius 2 is 1.76 bits per heavy atom. The summed E-state index contributed by atoms with van der Waals surface area (Å²) in [5.41, 5.74) is 3.13. The maximum absolute atomic E-state index is 13.3. The number of nitrogens with one attached hydrogen (secondary N) is 2. The number of piperidine rings is 1. The Kier molecular flexibility index (Phi) is 5.89. The largest absolute Gasteiger partial charge is 0.338 e. The summed E-state index contributed by atoms with van der Waals surface area (Å²) >= 11 is 0. The second kappa shape index (κ2) is 9.00. The molecule has 2 aromatic carbocycles. The summed E-state index contributed by atoms with van der Waals surface area (Å²) in [5, 5.41) is 2.84. The summed E-state index contributed by atoms with van der Waals surface area (Å²) < 4.78 is 28.0. The molecule has 0 bridgehead atoms. The van der Waals surface area contributed by atoms with E-state index in [1.54, 1.807) is 24.3 Å². The molecule has 2 N–H and O–H groups in total. The molecular weight excluding hydrogens is 450 g/mol. The average Bonchev–Trinajstić information content (AvgIpc) is 3.28. The number of H-pyrrole nitrogens is 1. The third-order valence-corrected chi connectivity index (χ3v) is 8.00. The van der Waals surface area contributed by atoms with Crippen molar-refractivity contribution in [1.82, 2.24) is 19.3 Å². The number of imidazole rings is 1. The SMILES string of the molecule is Cc1cccc(NC(=O)C2CCN(S(=O)(=O)c3ccc4nc(-c5ccccc5)[nH]c4c3)CC2)n1. The Bertz CT molecular complexity index is 1440. The van der Waals surface area contributed by atoms with Crippen molar-refractivity contribution < 1.29 is 13.2 Å². The fourth-order valence-electron chi connectivity index (χ4n) is 4.23. The quantitative estimate of drug-likeness (QED) is 0.454. The van der Waals surface area contributed by atoms with Crippen molar-refractivity contribution in [3.63, 3.8) is 0 Å². The van der Waals surface area contributed by atoms with Crippen molar-refractivity contribution in [2.24, 2.45) is 5.92 Å². The second-order valence-corrected chi connectivity index (χ2v) is 10.4. The van der Waals surface area contributed by atoms with E-state index in [1.807, 2.05) is 49.4 Å². The van der Waals surface area contributed by atoms with Gasteiger partial charge in [0.15, 0.2) is 0 Å². The Morgan fingerprint density at radius 1 is 1.00 bits per heavy atom. The summed E-state index contributed by atoms with van der Waals surface area (Å²) in [6, 6.07) is 20.1. The van der Waals surface area contributed by atoms with Crippen LogP contribution in [-0.4, -0.2) is 46.7 Å². The molecule has 2 aromatic heterocycles. The van der Waals surface area contributed by atoms with Crippen LogP contribution in [0.2, 0.25) is 0 Å². The molecule has 34 heavy (non-hydrogen) atoms. The number of anilines is 1. The van der Waals surface area contributed by atoms with Gasteiger partial charge >= 0.3 is 0 Å². The lowest BCUT2D eigenvalue weighted by atomic mass is 9.97. The first-order valence-electron chi connectivity index (χ1n) is 11.2. The van der Waals surface area contributed by atoms with Gasteiger partial charge in [-0.15, -0.1) is 0 Å². The molecule has 1 saturated heterocycles. The first-order chi connectivity index (χ1) is 16.4. The van der Waals surface area contributed by atoms with Crippen LogP contribution in [0.4, 0.5) is 5.82 Å². The van der Waals surface area contributed by atoms with Crippen molar-refractivity contribution in [2.45, 2.75) is 24.7 Å². The van der Waals surface area contributed by atoms with E-state index in [9.17, 15) is 13.2 Å². The summed E-state index contributed by atoms with van der Waals surface area (Å²) in [4.78, 5) is 25.0. The lowest BCUT2D eigenvalue weighted by molar-refractivity contribution is -0.120. The molecule has 0 saturated carbocycles. The van der Waals surface area contributed by atoms with E-state index < -0.39 is 10.0 Å². The third kappa shape index (κ3) is 4.44. The Morgan fingerprint density at radius 3 is 2.50 bits per heavy atom. The maximum atomic E-state index is 13.3. The predicted octanol–water partition coefficient (Wildman–Crippen LogP) is 3.97. The topological polar surface area (TPSA) is 108 Å². The second-order valence-electron chi connectivity index (χ2n) is 8.46. The van der Waals surface area contributed by atoms with Gasteiger partial charge in [-0.3, -0.25) is 4.79 Å². The summed E-state index contributed by atoms with van der Waals surface area (Å²) in [6.07, 6.45) is 0.919. The lowest BCUT2D eigenvalue weighted by Crippen LogP contribution is -2.41. The van der Waals surface area contributed by atoms with Crippen LogP contribution in [0.1, 0.15) is 18.5 Å². The minimum atomic E-state index is -3.68. The minimum Gasteiger partial charge on any atom is -0.338 e. The Balaban J connectivity index is 1.28. The van der Waals surface area contributed by atoms with Crippen LogP contribution in [0.15, 0.2) is 71.6 Å². The molecule has 1 aliphatic rings. The zero-order chi connectivity index (χ0) is 23.7. The first kappa shape index (κ1) is 22.2. The van der Waals surface area contributed by atoms with Crippen molar-refractivity contribution in [1.29, 1.82) is 0 Å². The number of carbonyl (C=O) groups is 1. The molecule has 3 heterocycles. The summed E-state index contributed by atoms with van der Waals surface area (Å²) in [7, 11) is -3.68. The zero-order valence-corrected chi connectivity index (χ0v) is 19.5. The number of benzene rings is 2. The highest BCUT2D eigenvalue weighted by molar-refractivity contribution is 7.89. The van der Waals surface area contributed by atoms with Gasteiger partial charge in [0, 0.05) is 30.3 Å². The fourth-order valence-corrected chi connectivity index (χ4v) is 5.73. The Hall–Kier alpha value is -3.56. The summed E-state index contributed by atoms with van der Waals surface area (Å²) in [5.74, 6) is 0.836. The molecule has 8 nitrogen and oxygen atoms in total. The third-order valence-electron chi connectivity index (χ3n) is 6.10. The normalized spacial score (nSPS) is 15.4. The number of aryl methyl sites for hydroxylation is 1. The van der Waals surface area contributed by atoms with Crippen molar-refractivity contribution in [3.05, 3.63) is 72.4 Å². The fraction of sp³-hybridized carbons (Fsp3) is 0.240. The number of aromatic nitrogens is 3. The highest BCUT2D eigenvalue weighted by Crippen LogP contribution is 2.27. The monoisotopic (exact) mass is 475 g/mol. The van der Waals surface area contributed by atoms with Gasteiger partial charge in [-0.25, -0.2) is 18.4 Å². The lowest BCUT2D eigenvalue weighted by Gasteiger charge is -2.30. The van der Waals surface area contributed by atoms with E-state index in [4.69, 9.17) is 0 Å². The standard InChI is InChI=1S/C25H25N5O3S/c1-17-6-5-9-23(26-17)29-25(31)19-12-14-30(15-13-19)34(32,33)20-10-11-21-22(16-20)28-24(27-21)18-7-3-2-4-8-18/h2-11,16,19H,12-15H2,1H3,(H,27,28)(H,26,29,31). The van der Waals surface area contributed by atoms with Gasteiger partial charge in [-0.1, -0.05) is 36.4 Å². The number of carbonyl (C=O) groups excluding carboxylic acids is 1. The van der Waals surface area contributed by atoms with Gasteiger partial charge in [-0.2, -0.15) is 4.31 Å². The first-order valence-corrected chi connectivity index (χ1v) is 12.6. The highest BCUT2D eigenvalue weighted by Gasteiger charge is 2.32. The van der Waals surface area contributed by atoms with E-state index in [0.29, 0.717) is 35.5 Å². The average molecular weight is 476 g/mol. The number of hydrogen-bond donors (Lipinski definition) is 2. The smallest absolute Gasteiger partial charge is 0.243 e. The van der Waals surface area contributed by atoms with Gasteiger partial charge in [0.05, 0.1) is 15.9 Å². The van der Waals surface area contributed by atoms with Gasteiger partial charge in [0.25, 0.3) is 0 Å². The molecule has 0 atom stereocenters. The molecule has 5 rings (SSSR count). The minimum absolute atomic E-state index is 0.123. The number of hydrogen-bond acceptors (Lipinski definition) is 5. The van der Waals surface area contributed by atoms with Crippen LogP contribution < -0.4 is 5.32 Å². The number of rotatable bonds is 5.